The van der Waals surface area contributed by atoms with E-state index >= 15 is 0 Å². The van der Waals surface area contributed by atoms with Crippen molar-refractivity contribution < 1.29 is 14.6 Å². The number of hydrogen-bond donors (Lipinski definition) is 1. The highest BCUT2D eigenvalue weighted by molar-refractivity contribution is 6.35. The van der Waals surface area contributed by atoms with Crippen molar-refractivity contribution >= 4 is 35.2 Å². The number of ether oxygens (including phenoxy) is 1. The van der Waals surface area contributed by atoms with Crippen LogP contribution in [0.4, 0.5) is 0 Å². The van der Waals surface area contributed by atoms with E-state index in [1.165, 1.54) is 19.3 Å². The van der Waals surface area contributed by atoms with E-state index in [4.69, 9.17) is 33.0 Å². The van der Waals surface area contributed by atoms with Gasteiger partial charge in [0.25, 0.3) is 0 Å². The summed E-state index contributed by atoms with van der Waals surface area (Å²) in [6, 6.07) is 3.10. The molecule has 5 heteroatoms. The van der Waals surface area contributed by atoms with E-state index in [-0.39, 0.29) is 0 Å². The number of carboxylic acid groups (broad SMARTS) is 1. The summed E-state index contributed by atoms with van der Waals surface area (Å²) in [6.45, 7) is 0. The van der Waals surface area contributed by atoms with Gasteiger partial charge >= 0.3 is 5.97 Å². The maximum atomic E-state index is 10.3. The highest BCUT2D eigenvalue weighted by Crippen LogP contribution is 2.32. The van der Waals surface area contributed by atoms with Crippen LogP contribution in [0.15, 0.2) is 18.2 Å². The van der Waals surface area contributed by atoms with Crippen LogP contribution >= 0.6 is 23.2 Å². The molecule has 0 aliphatic rings. The molecule has 0 aliphatic carbocycles. The molecule has 15 heavy (non-hydrogen) atoms. The van der Waals surface area contributed by atoms with Crippen molar-refractivity contribution in [3.63, 3.8) is 0 Å². The molecule has 1 aromatic rings. The first kappa shape index (κ1) is 11.9. The molecule has 0 saturated heterocycles. The molecule has 0 aliphatic heterocycles. The van der Waals surface area contributed by atoms with E-state index < -0.39 is 5.97 Å². The third kappa shape index (κ3) is 3.15. The van der Waals surface area contributed by atoms with Gasteiger partial charge in [0.2, 0.25) is 0 Å². The maximum absolute atomic E-state index is 10.3. The van der Waals surface area contributed by atoms with Crippen molar-refractivity contribution in [1.82, 2.24) is 0 Å². The number of rotatable bonds is 3. The highest BCUT2D eigenvalue weighted by atomic mass is 35.5. The van der Waals surface area contributed by atoms with Crippen molar-refractivity contribution in [2.75, 3.05) is 7.11 Å². The number of hydrogen-bond acceptors (Lipinski definition) is 2. The van der Waals surface area contributed by atoms with Gasteiger partial charge in [-0.15, -0.1) is 0 Å². The zero-order chi connectivity index (χ0) is 11.4. The Bertz CT molecular complexity index is 413. The number of methoxy groups -OCH3 is 1. The lowest BCUT2D eigenvalue weighted by molar-refractivity contribution is -0.131. The van der Waals surface area contributed by atoms with Crippen LogP contribution in [-0.2, 0) is 4.79 Å². The van der Waals surface area contributed by atoms with E-state index in [2.05, 4.69) is 0 Å². The fourth-order valence-corrected chi connectivity index (χ4v) is 1.67. The quantitative estimate of drug-likeness (QED) is 0.834. The van der Waals surface area contributed by atoms with Crippen molar-refractivity contribution in [1.29, 1.82) is 0 Å². The van der Waals surface area contributed by atoms with Crippen LogP contribution in [0.25, 0.3) is 6.08 Å². The fraction of sp³-hybridized carbons (Fsp3) is 0.100. The third-order valence-corrected chi connectivity index (χ3v) is 2.15. The molecular formula is C10H8Cl2O3. The summed E-state index contributed by atoms with van der Waals surface area (Å²) in [5.74, 6) is -0.647. The Kier molecular flexibility index (Phi) is 4.00. The molecule has 0 atom stereocenters. The molecule has 0 aromatic heterocycles. The van der Waals surface area contributed by atoms with Crippen molar-refractivity contribution in [3.8, 4) is 5.75 Å². The molecule has 0 unspecified atom stereocenters. The van der Waals surface area contributed by atoms with Gasteiger partial charge in [0.1, 0.15) is 5.75 Å². The molecule has 80 valence electrons. The van der Waals surface area contributed by atoms with Gasteiger partial charge in [-0.25, -0.2) is 4.79 Å². The average molecular weight is 247 g/mol. The lowest BCUT2D eigenvalue weighted by Gasteiger charge is -2.07. The van der Waals surface area contributed by atoms with Crippen LogP contribution in [-0.4, -0.2) is 18.2 Å². The number of carboxylic acids is 1. The largest absolute Gasteiger partial charge is 0.495 e. The molecular weight excluding hydrogens is 239 g/mol. The smallest absolute Gasteiger partial charge is 0.328 e. The molecule has 0 amide bonds. The first-order chi connectivity index (χ1) is 7.04. The van der Waals surface area contributed by atoms with Gasteiger partial charge < -0.3 is 9.84 Å². The first-order valence-electron chi connectivity index (χ1n) is 3.98. The summed E-state index contributed by atoms with van der Waals surface area (Å²) in [6.07, 6.45) is 2.36. The van der Waals surface area contributed by atoms with E-state index in [1.807, 2.05) is 0 Å². The Morgan fingerprint density at radius 3 is 2.67 bits per heavy atom. The normalized spacial score (nSPS) is 10.6. The SMILES string of the molecule is COc1c(Cl)cc(Cl)cc1C=CC(=O)O. The second-order valence-electron chi connectivity index (χ2n) is 2.68. The predicted molar refractivity (Wildman–Crippen MR) is 59.7 cm³/mol. The molecule has 1 rings (SSSR count). The summed E-state index contributed by atoms with van der Waals surface area (Å²) >= 11 is 11.6. The van der Waals surface area contributed by atoms with Gasteiger partial charge in [0.05, 0.1) is 12.1 Å². The highest BCUT2D eigenvalue weighted by Gasteiger charge is 2.07. The Balaban J connectivity index is 3.20. The molecule has 0 spiro atoms. The Morgan fingerprint density at radius 1 is 1.47 bits per heavy atom. The van der Waals surface area contributed by atoms with E-state index in [0.29, 0.717) is 21.4 Å². The van der Waals surface area contributed by atoms with Crippen LogP contribution in [0, 0.1) is 0 Å². The van der Waals surface area contributed by atoms with Gasteiger partial charge in [0.15, 0.2) is 0 Å². The second kappa shape index (κ2) is 5.05. The Morgan fingerprint density at radius 2 is 2.13 bits per heavy atom. The summed E-state index contributed by atoms with van der Waals surface area (Å²) < 4.78 is 5.03. The molecule has 0 radical (unpaired) electrons. The van der Waals surface area contributed by atoms with E-state index in [0.717, 1.165) is 6.08 Å². The predicted octanol–water partition coefficient (Wildman–Crippen LogP) is 3.10. The first-order valence-corrected chi connectivity index (χ1v) is 4.74. The Hall–Kier alpha value is -1.19. The number of carbonyl (C=O) groups is 1. The summed E-state index contributed by atoms with van der Waals surface area (Å²) in [5.41, 5.74) is 0.525. The van der Waals surface area contributed by atoms with Gasteiger partial charge in [-0.05, 0) is 18.2 Å². The molecule has 0 fully saturated rings. The summed E-state index contributed by atoms with van der Waals surface area (Å²) in [4.78, 5) is 10.3. The molecule has 0 saturated carbocycles. The van der Waals surface area contributed by atoms with Crippen LogP contribution in [0.3, 0.4) is 0 Å². The van der Waals surface area contributed by atoms with Gasteiger partial charge in [-0.3, -0.25) is 0 Å². The lowest BCUT2D eigenvalue weighted by atomic mass is 10.2. The minimum Gasteiger partial charge on any atom is -0.495 e. The number of aliphatic carboxylic acids is 1. The number of halogens is 2. The van der Waals surface area contributed by atoms with Crippen molar-refractivity contribution in [2.45, 2.75) is 0 Å². The molecule has 1 aromatic carbocycles. The van der Waals surface area contributed by atoms with E-state index in [9.17, 15) is 4.79 Å². The number of benzene rings is 1. The molecule has 1 N–H and O–H groups in total. The van der Waals surface area contributed by atoms with Gasteiger partial charge in [0, 0.05) is 16.7 Å². The standard InChI is InChI=1S/C10H8Cl2O3/c1-15-10-6(2-3-9(13)14)4-7(11)5-8(10)12/h2-5H,1H3,(H,13,14). The molecule has 3 nitrogen and oxygen atoms in total. The topological polar surface area (TPSA) is 46.5 Å². The second-order valence-corrected chi connectivity index (χ2v) is 3.53. The zero-order valence-corrected chi connectivity index (χ0v) is 9.34. The minimum absolute atomic E-state index is 0.343. The van der Waals surface area contributed by atoms with Crippen LogP contribution in [0.5, 0.6) is 5.75 Å². The molecule has 0 bridgehead atoms. The van der Waals surface area contributed by atoms with E-state index in [1.54, 1.807) is 6.07 Å². The van der Waals surface area contributed by atoms with Crippen LogP contribution < -0.4 is 4.74 Å². The zero-order valence-electron chi connectivity index (χ0n) is 7.83. The molecule has 0 heterocycles. The third-order valence-electron chi connectivity index (χ3n) is 1.65. The van der Waals surface area contributed by atoms with Crippen LogP contribution in [0.1, 0.15) is 5.56 Å². The monoisotopic (exact) mass is 246 g/mol. The van der Waals surface area contributed by atoms with Gasteiger partial charge in [-0.1, -0.05) is 23.2 Å². The minimum atomic E-state index is -1.05. The van der Waals surface area contributed by atoms with Gasteiger partial charge in [-0.2, -0.15) is 0 Å². The Labute approximate surface area is 96.9 Å². The lowest BCUT2D eigenvalue weighted by Crippen LogP contribution is -1.90. The maximum Gasteiger partial charge on any atom is 0.328 e. The summed E-state index contributed by atoms with van der Waals surface area (Å²) in [5, 5.41) is 9.25. The van der Waals surface area contributed by atoms with Crippen LogP contribution in [0.2, 0.25) is 10.0 Å². The fourth-order valence-electron chi connectivity index (χ4n) is 1.08. The van der Waals surface area contributed by atoms with Crippen molar-refractivity contribution in [2.24, 2.45) is 0 Å². The van der Waals surface area contributed by atoms with Crippen molar-refractivity contribution in [3.05, 3.63) is 33.8 Å². The average Bonchev–Trinajstić information content (AvgIpc) is 2.13. The summed E-state index contributed by atoms with van der Waals surface area (Å²) in [7, 11) is 1.45.